The van der Waals surface area contributed by atoms with E-state index in [1.54, 1.807) is 7.11 Å². The number of methoxy groups -OCH3 is 1. The maximum atomic E-state index is 11.3. The van der Waals surface area contributed by atoms with E-state index in [-0.39, 0.29) is 16.2 Å². The van der Waals surface area contributed by atoms with E-state index in [2.05, 4.69) is 72.8 Å². The van der Waals surface area contributed by atoms with Crippen LogP contribution in [-0.4, -0.2) is 30.9 Å². The van der Waals surface area contributed by atoms with Crippen molar-refractivity contribution in [3.8, 4) is 5.75 Å². The summed E-state index contributed by atoms with van der Waals surface area (Å²) in [6, 6.07) is 8.27. The molecule has 0 bridgehead atoms. The molecule has 1 rings (SSSR count). The molecule has 0 aliphatic heterocycles. The lowest BCUT2D eigenvalue weighted by Gasteiger charge is -2.49. The van der Waals surface area contributed by atoms with Crippen LogP contribution in [0.5, 0.6) is 5.75 Å². The van der Waals surface area contributed by atoms with E-state index in [1.807, 2.05) is 12.1 Å². The summed E-state index contributed by atoms with van der Waals surface area (Å²) in [5.74, 6) is 0.959. The second kappa shape index (κ2) is 8.31. The van der Waals surface area contributed by atoms with Crippen LogP contribution in [0.4, 0.5) is 0 Å². The molecule has 3 heteroatoms. The third-order valence-electron chi connectivity index (χ3n) is 5.85. The van der Waals surface area contributed by atoms with Gasteiger partial charge in [0.1, 0.15) is 5.75 Å². The molecule has 3 nitrogen and oxygen atoms in total. The van der Waals surface area contributed by atoms with E-state index in [1.165, 1.54) is 5.56 Å². The molecule has 0 unspecified atom stereocenters. The second-order valence-corrected chi connectivity index (χ2v) is 10.2. The molecule has 150 valence electrons. The number of rotatable bonds is 8. The molecule has 2 N–H and O–H groups in total. The van der Waals surface area contributed by atoms with E-state index in [0.29, 0.717) is 6.54 Å². The molecule has 0 saturated carbocycles. The summed E-state index contributed by atoms with van der Waals surface area (Å²) in [5, 5.41) is 14.8. The van der Waals surface area contributed by atoms with Crippen LogP contribution in [0, 0.1) is 10.8 Å². The van der Waals surface area contributed by atoms with Crippen molar-refractivity contribution < 1.29 is 9.84 Å². The van der Waals surface area contributed by atoms with Crippen LogP contribution in [-0.2, 0) is 5.41 Å². The lowest BCUT2D eigenvalue weighted by molar-refractivity contribution is -0.133. The summed E-state index contributed by atoms with van der Waals surface area (Å²) in [4.78, 5) is 0. The van der Waals surface area contributed by atoms with Crippen molar-refractivity contribution in [2.75, 3.05) is 20.2 Å². The van der Waals surface area contributed by atoms with Crippen molar-refractivity contribution in [1.29, 1.82) is 0 Å². The SMILES string of the molecule is COc1ccccc1C(C)(C)CCCNCC(O)(C(C)(C)C)C(C)(C)C. The van der Waals surface area contributed by atoms with Gasteiger partial charge in [-0.15, -0.1) is 0 Å². The van der Waals surface area contributed by atoms with Crippen LogP contribution >= 0.6 is 0 Å². The van der Waals surface area contributed by atoms with E-state index >= 15 is 0 Å². The number of para-hydroxylation sites is 1. The molecule has 0 aliphatic rings. The first-order chi connectivity index (χ1) is 11.8. The van der Waals surface area contributed by atoms with E-state index < -0.39 is 5.60 Å². The largest absolute Gasteiger partial charge is 0.496 e. The van der Waals surface area contributed by atoms with Crippen molar-refractivity contribution in [2.24, 2.45) is 10.8 Å². The topological polar surface area (TPSA) is 41.5 Å². The fourth-order valence-corrected chi connectivity index (χ4v) is 3.92. The predicted molar refractivity (Wildman–Crippen MR) is 112 cm³/mol. The first-order valence-electron chi connectivity index (χ1n) is 9.83. The maximum Gasteiger partial charge on any atom is 0.122 e. The van der Waals surface area contributed by atoms with Crippen LogP contribution in [0.3, 0.4) is 0 Å². The van der Waals surface area contributed by atoms with E-state index in [9.17, 15) is 5.11 Å². The van der Waals surface area contributed by atoms with Gasteiger partial charge >= 0.3 is 0 Å². The van der Waals surface area contributed by atoms with E-state index in [0.717, 1.165) is 25.1 Å². The fraction of sp³-hybridized carbons (Fsp3) is 0.739. The Hall–Kier alpha value is -1.06. The predicted octanol–water partition coefficient (Wildman–Crippen LogP) is 5.17. The number of benzene rings is 1. The molecule has 1 aromatic rings. The van der Waals surface area contributed by atoms with Crippen LogP contribution in [0.15, 0.2) is 24.3 Å². The van der Waals surface area contributed by atoms with Gasteiger partial charge in [0.15, 0.2) is 0 Å². The Bertz CT molecular complexity index is 550. The Morgan fingerprint density at radius 2 is 1.46 bits per heavy atom. The van der Waals surface area contributed by atoms with Crippen LogP contribution in [0.25, 0.3) is 0 Å². The summed E-state index contributed by atoms with van der Waals surface area (Å²) < 4.78 is 5.53. The Kier molecular flexibility index (Phi) is 7.34. The first kappa shape index (κ1) is 23.0. The van der Waals surface area contributed by atoms with Crippen molar-refractivity contribution >= 4 is 0 Å². The lowest BCUT2D eigenvalue weighted by atomic mass is 9.62. The Morgan fingerprint density at radius 3 is 1.96 bits per heavy atom. The summed E-state index contributed by atoms with van der Waals surface area (Å²) in [5.41, 5.74) is 0.170. The zero-order valence-electron chi connectivity index (χ0n) is 18.5. The molecule has 1 aromatic carbocycles. The Labute approximate surface area is 161 Å². The standard InChI is InChI=1S/C23H41NO2/c1-20(2,3)23(25,21(4,5)6)17-24-16-12-15-22(7,8)18-13-10-11-14-19(18)26-9/h10-11,13-14,24-25H,12,15-17H2,1-9H3. The van der Waals surface area contributed by atoms with Gasteiger partial charge in [-0.1, -0.05) is 73.6 Å². The van der Waals surface area contributed by atoms with Crippen molar-refractivity contribution in [2.45, 2.75) is 79.2 Å². The zero-order valence-corrected chi connectivity index (χ0v) is 18.5. The summed E-state index contributed by atoms with van der Waals surface area (Å²) in [6.07, 6.45) is 2.11. The Balaban J connectivity index is 2.63. The highest BCUT2D eigenvalue weighted by molar-refractivity contribution is 5.38. The van der Waals surface area contributed by atoms with Gasteiger partial charge in [-0.25, -0.2) is 0 Å². The average Bonchev–Trinajstić information content (AvgIpc) is 2.52. The molecule has 0 aliphatic carbocycles. The van der Waals surface area contributed by atoms with Crippen LogP contribution < -0.4 is 10.1 Å². The van der Waals surface area contributed by atoms with E-state index in [4.69, 9.17) is 4.74 Å². The molecule has 26 heavy (non-hydrogen) atoms. The third-order valence-corrected chi connectivity index (χ3v) is 5.85. The zero-order chi connectivity index (χ0) is 20.2. The monoisotopic (exact) mass is 363 g/mol. The minimum atomic E-state index is -0.766. The van der Waals surface area contributed by atoms with Gasteiger partial charge in [0.2, 0.25) is 0 Å². The number of hydrogen-bond donors (Lipinski definition) is 2. The van der Waals surface area contributed by atoms with Crippen LogP contribution in [0.1, 0.15) is 73.8 Å². The number of nitrogens with one attached hydrogen (secondary N) is 1. The lowest BCUT2D eigenvalue weighted by Crippen LogP contribution is -2.59. The maximum absolute atomic E-state index is 11.3. The number of aliphatic hydroxyl groups is 1. The quantitative estimate of drug-likeness (QED) is 0.626. The number of ether oxygens (including phenoxy) is 1. The minimum Gasteiger partial charge on any atom is -0.496 e. The second-order valence-electron chi connectivity index (χ2n) is 10.2. The smallest absolute Gasteiger partial charge is 0.122 e. The highest BCUT2D eigenvalue weighted by Gasteiger charge is 2.48. The first-order valence-corrected chi connectivity index (χ1v) is 9.83. The van der Waals surface area contributed by atoms with Gasteiger partial charge in [0.25, 0.3) is 0 Å². The van der Waals surface area contributed by atoms with Gasteiger partial charge in [-0.3, -0.25) is 0 Å². The molecular weight excluding hydrogens is 322 g/mol. The summed E-state index contributed by atoms with van der Waals surface area (Å²) in [7, 11) is 1.73. The van der Waals surface area contributed by atoms with Crippen molar-refractivity contribution in [1.82, 2.24) is 5.32 Å². The molecule has 0 saturated heterocycles. The van der Waals surface area contributed by atoms with Gasteiger partial charge in [-0.2, -0.15) is 0 Å². The molecular formula is C23H41NO2. The van der Waals surface area contributed by atoms with Gasteiger partial charge < -0.3 is 15.2 Å². The molecule has 0 heterocycles. The molecule has 0 amide bonds. The third kappa shape index (κ3) is 5.23. The molecule has 0 atom stereocenters. The molecule has 0 fully saturated rings. The highest BCUT2D eigenvalue weighted by atomic mass is 16.5. The van der Waals surface area contributed by atoms with Gasteiger partial charge in [0, 0.05) is 6.54 Å². The highest BCUT2D eigenvalue weighted by Crippen LogP contribution is 2.43. The van der Waals surface area contributed by atoms with Crippen LogP contribution in [0.2, 0.25) is 0 Å². The molecule has 0 spiro atoms. The Morgan fingerprint density at radius 1 is 0.923 bits per heavy atom. The van der Waals surface area contributed by atoms with Crippen molar-refractivity contribution in [3.63, 3.8) is 0 Å². The molecule has 0 aromatic heterocycles. The summed E-state index contributed by atoms with van der Waals surface area (Å²) in [6.45, 7) is 18.7. The average molecular weight is 364 g/mol. The van der Waals surface area contributed by atoms with Crippen molar-refractivity contribution in [3.05, 3.63) is 29.8 Å². The van der Waals surface area contributed by atoms with Gasteiger partial charge in [0.05, 0.1) is 12.7 Å². The summed E-state index contributed by atoms with van der Waals surface area (Å²) >= 11 is 0. The number of hydrogen-bond acceptors (Lipinski definition) is 3. The normalized spacial score (nSPS) is 13.8. The van der Waals surface area contributed by atoms with Gasteiger partial charge in [-0.05, 0) is 47.3 Å². The minimum absolute atomic E-state index is 0.0542. The fourth-order valence-electron chi connectivity index (χ4n) is 3.92. The molecule has 0 radical (unpaired) electrons.